The number of rotatable bonds is 3. The molecule has 0 aliphatic rings. The van der Waals surface area contributed by atoms with Crippen LogP contribution in [0.15, 0.2) is 30.3 Å². The summed E-state index contributed by atoms with van der Waals surface area (Å²) < 4.78 is 0. The summed E-state index contributed by atoms with van der Waals surface area (Å²) >= 11 is 0. The highest BCUT2D eigenvalue weighted by Crippen LogP contribution is 2.04. The standard InChI is InChI=1S/C8H11N3O/c9-7(8(10)12)11-6-4-2-1-3-5-6/h1-5,7,11H,9H2,(H2,10,12). The molecular weight excluding hydrogens is 154 g/mol. The number of benzene rings is 1. The number of carbonyl (C=O) groups excluding carboxylic acids is 1. The lowest BCUT2D eigenvalue weighted by Crippen LogP contribution is -2.42. The number of para-hydroxylation sites is 1. The van der Waals surface area contributed by atoms with Gasteiger partial charge in [-0.25, -0.2) is 0 Å². The molecule has 1 aromatic rings. The largest absolute Gasteiger partial charge is 0.367 e. The predicted octanol–water partition coefficient (Wildman–Crippen LogP) is -0.131. The van der Waals surface area contributed by atoms with Crippen molar-refractivity contribution in [3.63, 3.8) is 0 Å². The second kappa shape index (κ2) is 3.73. The Balaban J connectivity index is 2.58. The van der Waals surface area contributed by atoms with Crippen molar-refractivity contribution >= 4 is 11.6 Å². The molecule has 0 aliphatic heterocycles. The van der Waals surface area contributed by atoms with Crippen LogP contribution >= 0.6 is 0 Å². The molecule has 0 spiro atoms. The first-order valence-corrected chi connectivity index (χ1v) is 3.56. The van der Waals surface area contributed by atoms with Gasteiger partial charge in [0, 0.05) is 5.69 Å². The normalized spacial score (nSPS) is 12.1. The molecule has 4 nitrogen and oxygen atoms in total. The SMILES string of the molecule is NC(=O)C(N)Nc1ccccc1. The number of primary amides is 1. The van der Waals surface area contributed by atoms with Gasteiger partial charge in [-0.1, -0.05) is 18.2 Å². The summed E-state index contributed by atoms with van der Waals surface area (Å²) in [6.07, 6.45) is -0.826. The highest BCUT2D eigenvalue weighted by Gasteiger charge is 2.06. The van der Waals surface area contributed by atoms with Crippen LogP contribution in [0.4, 0.5) is 5.69 Å². The Bertz CT molecular complexity index is 260. The molecule has 1 unspecified atom stereocenters. The highest BCUT2D eigenvalue weighted by atomic mass is 16.1. The van der Waals surface area contributed by atoms with Crippen LogP contribution in [-0.2, 0) is 4.79 Å². The van der Waals surface area contributed by atoms with E-state index in [4.69, 9.17) is 11.5 Å². The topological polar surface area (TPSA) is 81.1 Å². The Labute approximate surface area is 70.6 Å². The number of carbonyl (C=O) groups is 1. The van der Waals surface area contributed by atoms with Gasteiger partial charge in [0.25, 0.3) is 5.91 Å². The number of hydrogen-bond donors (Lipinski definition) is 3. The van der Waals surface area contributed by atoms with E-state index in [0.717, 1.165) is 5.69 Å². The average molecular weight is 165 g/mol. The molecule has 0 radical (unpaired) electrons. The monoisotopic (exact) mass is 165 g/mol. The first-order chi connectivity index (χ1) is 5.70. The van der Waals surface area contributed by atoms with E-state index in [1.54, 1.807) is 0 Å². The molecule has 64 valence electrons. The molecule has 5 N–H and O–H groups in total. The van der Waals surface area contributed by atoms with E-state index < -0.39 is 12.1 Å². The summed E-state index contributed by atoms with van der Waals surface area (Å²) in [6, 6.07) is 9.18. The number of nitrogens with two attached hydrogens (primary N) is 2. The second-order valence-electron chi connectivity index (χ2n) is 2.39. The number of anilines is 1. The minimum absolute atomic E-state index is 0.571. The Morgan fingerprint density at radius 2 is 1.92 bits per heavy atom. The van der Waals surface area contributed by atoms with Crippen molar-refractivity contribution < 1.29 is 4.79 Å². The third-order valence-electron chi connectivity index (χ3n) is 1.40. The van der Waals surface area contributed by atoms with Crippen LogP contribution in [0.1, 0.15) is 0 Å². The van der Waals surface area contributed by atoms with Crippen molar-refractivity contribution in [1.29, 1.82) is 0 Å². The van der Waals surface area contributed by atoms with Crippen molar-refractivity contribution in [3.05, 3.63) is 30.3 Å². The first kappa shape index (κ1) is 8.55. The van der Waals surface area contributed by atoms with Crippen LogP contribution in [-0.4, -0.2) is 12.1 Å². The van der Waals surface area contributed by atoms with Gasteiger partial charge < -0.3 is 16.8 Å². The maximum Gasteiger partial charge on any atom is 0.254 e. The van der Waals surface area contributed by atoms with Gasteiger partial charge in [-0.05, 0) is 12.1 Å². The van der Waals surface area contributed by atoms with E-state index in [9.17, 15) is 4.79 Å². The molecule has 0 heterocycles. The molecular formula is C8H11N3O. The number of amides is 1. The van der Waals surface area contributed by atoms with Gasteiger partial charge in [0.05, 0.1) is 0 Å². The summed E-state index contributed by atoms with van der Waals surface area (Å²) in [4.78, 5) is 10.5. The first-order valence-electron chi connectivity index (χ1n) is 3.56. The fourth-order valence-corrected chi connectivity index (χ4v) is 0.785. The third-order valence-corrected chi connectivity index (χ3v) is 1.40. The molecule has 0 aliphatic carbocycles. The van der Waals surface area contributed by atoms with Crippen molar-refractivity contribution in [3.8, 4) is 0 Å². The zero-order chi connectivity index (χ0) is 8.97. The second-order valence-corrected chi connectivity index (χ2v) is 2.39. The molecule has 1 rings (SSSR count). The van der Waals surface area contributed by atoms with E-state index in [1.807, 2.05) is 30.3 Å². The van der Waals surface area contributed by atoms with Crippen LogP contribution in [0, 0.1) is 0 Å². The van der Waals surface area contributed by atoms with Crippen molar-refractivity contribution in [2.45, 2.75) is 6.17 Å². The molecule has 0 bridgehead atoms. The minimum atomic E-state index is -0.826. The molecule has 1 aromatic carbocycles. The zero-order valence-electron chi connectivity index (χ0n) is 6.53. The van der Waals surface area contributed by atoms with E-state index >= 15 is 0 Å². The van der Waals surface area contributed by atoms with Gasteiger partial charge in [0.1, 0.15) is 0 Å². The Morgan fingerprint density at radius 3 is 2.42 bits per heavy atom. The summed E-state index contributed by atoms with van der Waals surface area (Å²) in [5.41, 5.74) is 11.1. The van der Waals surface area contributed by atoms with Gasteiger partial charge >= 0.3 is 0 Å². The lowest BCUT2D eigenvalue weighted by atomic mass is 10.3. The average Bonchev–Trinajstić information content (AvgIpc) is 2.06. The van der Waals surface area contributed by atoms with Crippen LogP contribution < -0.4 is 16.8 Å². The fraction of sp³-hybridized carbons (Fsp3) is 0.125. The third kappa shape index (κ3) is 2.25. The fourth-order valence-electron chi connectivity index (χ4n) is 0.785. The summed E-state index contributed by atoms with van der Waals surface area (Å²) in [5.74, 6) is -0.571. The Kier molecular flexibility index (Phi) is 2.66. The number of hydrogen-bond acceptors (Lipinski definition) is 3. The zero-order valence-corrected chi connectivity index (χ0v) is 6.53. The van der Waals surface area contributed by atoms with E-state index in [0.29, 0.717) is 0 Å². The summed E-state index contributed by atoms with van der Waals surface area (Å²) in [7, 11) is 0. The number of nitrogens with one attached hydrogen (secondary N) is 1. The Hall–Kier alpha value is -1.55. The van der Waals surface area contributed by atoms with Gasteiger partial charge in [-0.15, -0.1) is 0 Å². The summed E-state index contributed by atoms with van der Waals surface area (Å²) in [6.45, 7) is 0. The van der Waals surface area contributed by atoms with Gasteiger partial charge in [-0.2, -0.15) is 0 Å². The van der Waals surface area contributed by atoms with Gasteiger partial charge in [0.2, 0.25) is 0 Å². The van der Waals surface area contributed by atoms with Crippen LogP contribution in [0.2, 0.25) is 0 Å². The molecule has 1 atom stereocenters. The quantitative estimate of drug-likeness (QED) is 0.546. The van der Waals surface area contributed by atoms with Crippen LogP contribution in [0.3, 0.4) is 0 Å². The lowest BCUT2D eigenvalue weighted by Gasteiger charge is -2.10. The molecule has 12 heavy (non-hydrogen) atoms. The van der Waals surface area contributed by atoms with E-state index in [1.165, 1.54) is 0 Å². The maximum absolute atomic E-state index is 10.5. The van der Waals surface area contributed by atoms with Crippen LogP contribution in [0.25, 0.3) is 0 Å². The summed E-state index contributed by atoms with van der Waals surface area (Å²) in [5, 5.41) is 2.74. The van der Waals surface area contributed by atoms with E-state index in [2.05, 4.69) is 5.32 Å². The minimum Gasteiger partial charge on any atom is -0.367 e. The van der Waals surface area contributed by atoms with Crippen molar-refractivity contribution in [2.24, 2.45) is 11.5 Å². The molecule has 0 aromatic heterocycles. The van der Waals surface area contributed by atoms with Crippen molar-refractivity contribution in [1.82, 2.24) is 0 Å². The van der Waals surface area contributed by atoms with Crippen LogP contribution in [0.5, 0.6) is 0 Å². The molecule has 4 heteroatoms. The molecule has 0 saturated carbocycles. The van der Waals surface area contributed by atoms with Gasteiger partial charge in [0.15, 0.2) is 6.17 Å². The maximum atomic E-state index is 10.5. The molecule has 1 amide bonds. The van der Waals surface area contributed by atoms with Crippen molar-refractivity contribution in [2.75, 3.05) is 5.32 Å². The highest BCUT2D eigenvalue weighted by molar-refractivity contribution is 5.82. The lowest BCUT2D eigenvalue weighted by molar-refractivity contribution is -0.118. The smallest absolute Gasteiger partial charge is 0.254 e. The van der Waals surface area contributed by atoms with E-state index in [-0.39, 0.29) is 0 Å². The molecule has 0 saturated heterocycles. The predicted molar refractivity (Wildman–Crippen MR) is 47.2 cm³/mol. The van der Waals surface area contributed by atoms with Gasteiger partial charge in [-0.3, -0.25) is 4.79 Å². The molecule has 0 fully saturated rings. The Morgan fingerprint density at radius 1 is 1.33 bits per heavy atom.